The van der Waals surface area contributed by atoms with Crippen LogP contribution in [-0.4, -0.2) is 41.4 Å². The van der Waals surface area contributed by atoms with Crippen molar-refractivity contribution in [1.29, 1.82) is 0 Å². The monoisotopic (exact) mass is 269 g/mol. The lowest BCUT2D eigenvalue weighted by Crippen LogP contribution is -2.57. The maximum atomic E-state index is 12.2. The van der Waals surface area contributed by atoms with Crippen LogP contribution in [0.15, 0.2) is 0 Å². The molecule has 5 heteroatoms. The van der Waals surface area contributed by atoms with Crippen LogP contribution in [0.3, 0.4) is 0 Å². The first-order valence-corrected chi connectivity index (χ1v) is 7.27. The number of hydrogen-bond acceptors (Lipinski definition) is 3. The molecule has 1 aliphatic heterocycles. The number of hydrogen-bond donors (Lipinski definition) is 2. The molecule has 19 heavy (non-hydrogen) atoms. The van der Waals surface area contributed by atoms with E-state index in [1.807, 2.05) is 11.8 Å². The minimum Gasteiger partial charge on any atom is -0.343 e. The Morgan fingerprint density at radius 2 is 1.89 bits per heavy atom. The molecule has 1 fully saturated rings. The van der Waals surface area contributed by atoms with Gasteiger partial charge in [-0.2, -0.15) is 0 Å². The summed E-state index contributed by atoms with van der Waals surface area (Å²) in [5.41, 5.74) is 5.06. The molecule has 0 aromatic carbocycles. The summed E-state index contributed by atoms with van der Waals surface area (Å²) >= 11 is 0. The molecule has 0 aromatic heterocycles. The predicted octanol–water partition coefficient (Wildman–Crippen LogP) is 1.02. The topological polar surface area (TPSA) is 75.4 Å². The highest BCUT2D eigenvalue weighted by Crippen LogP contribution is 2.12. The third-order valence-electron chi connectivity index (χ3n) is 3.67. The Morgan fingerprint density at radius 1 is 1.32 bits per heavy atom. The molecule has 0 spiro atoms. The lowest BCUT2D eigenvalue weighted by atomic mass is 9.96. The zero-order chi connectivity index (χ0) is 14.5. The summed E-state index contributed by atoms with van der Waals surface area (Å²) in [6.07, 6.45) is 4.74. The van der Waals surface area contributed by atoms with Gasteiger partial charge in [0.25, 0.3) is 0 Å². The molecule has 0 aromatic rings. The van der Waals surface area contributed by atoms with Crippen molar-refractivity contribution in [3.8, 4) is 0 Å². The van der Waals surface area contributed by atoms with Crippen molar-refractivity contribution in [2.75, 3.05) is 13.1 Å². The Morgan fingerprint density at radius 3 is 2.42 bits per heavy atom. The highest BCUT2D eigenvalue weighted by Gasteiger charge is 2.31. The van der Waals surface area contributed by atoms with Crippen LogP contribution in [0.4, 0.5) is 0 Å². The average Bonchev–Trinajstić information content (AvgIpc) is 2.38. The third-order valence-corrected chi connectivity index (χ3v) is 3.67. The van der Waals surface area contributed by atoms with E-state index in [0.717, 1.165) is 32.4 Å². The van der Waals surface area contributed by atoms with Crippen LogP contribution in [0, 0.1) is 0 Å². The van der Waals surface area contributed by atoms with Gasteiger partial charge >= 0.3 is 0 Å². The van der Waals surface area contributed by atoms with Gasteiger partial charge < -0.3 is 16.0 Å². The van der Waals surface area contributed by atoms with Crippen LogP contribution in [0.5, 0.6) is 0 Å². The fourth-order valence-electron chi connectivity index (χ4n) is 2.44. The summed E-state index contributed by atoms with van der Waals surface area (Å²) in [5.74, 6) is -0.243. The van der Waals surface area contributed by atoms with E-state index < -0.39 is 11.6 Å². The van der Waals surface area contributed by atoms with E-state index in [2.05, 4.69) is 5.32 Å². The number of likely N-dealkylation sites (tertiary alicyclic amines) is 1. The fraction of sp³-hybridized carbons (Fsp3) is 0.857. The van der Waals surface area contributed by atoms with Crippen molar-refractivity contribution in [3.05, 3.63) is 0 Å². The molecule has 2 atom stereocenters. The molecule has 0 aliphatic carbocycles. The van der Waals surface area contributed by atoms with E-state index >= 15 is 0 Å². The Kier molecular flexibility index (Phi) is 5.79. The normalized spacial score (nSPS) is 20.5. The van der Waals surface area contributed by atoms with Gasteiger partial charge in [-0.15, -0.1) is 0 Å². The molecule has 110 valence electrons. The fourth-order valence-corrected chi connectivity index (χ4v) is 2.44. The SMILES string of the molecule is CCCC(C)(N)C(=O)NC(C)C(=O)N1CCCCC1. The van der Waals surface area contributed by atoms with Crippen molar-refractivity contribution in [3.63, 3.8) is 0 Å². The first-order chi connectivity index (χ1) is 8.88. The Bertz CT molecular complexity index is 323. The van der Waals surface area contributed by atoms with Crippen molar-refractivity contribution in [1.82, 2.24) is 10.2 Å². The standard InChI is InChI=1S/C14H27N3O2/c1-4-8-14(3,15)13(19)16-11(2)12(18)17-9-6-5-7-10-17/h11H,4-10,15H2,1-3H3,(H,16,19). The van der Waals surface area contributed by atoms with Crippen LogP contribution < -0.4 is 11.1 Å². The number of nitrogens with two attached hydrogens (primary N) is 1. The van der Waals surface area contributed by atoms with Crippen LogP contribution in [0.2, 0.25) is 0 Å². The van der Waals surface area contributed by atoms with Gasteiger partial charge in [-0.3, -0.25) is 9.59 Å². The van der Waals surface area contributed by atoms with Crippen LogP contribution in [0.1, 0.15) is 52.9 Å². The molecular weight excluding hydrogens is 242 g/mol. The Hall–Kier alpha value is -1.10. The van der Waals surface area contributed by atoms with E-state index in [1.165, 1.54) is 6.42 Å². The van der Waals surface area contributed by atoms with E-state index in [1.54, 1.807) is 13.8 Å². The number of rotatable bonds is 5. The summed E-state index contributed by atoms with van der Waals surface area (Å²) in [7, 11) is 0. The second-order valence-corrected chi connectivity index (χ2v) is 5.75. The molecule has 1 rings (SSSR count). The smallest absolute Gasteiger partial charge is 0.244 e. The molecule has 2 unspecified atom stereocenters. The van der Waals surface area contributed by atoms with E-state index in [0.29, 0.717) is 6.42 Å². The predicted molar refractivity (Wildman–Crippen MR) is 75.5 cm³/mol. The average molecular weight is 269 g/mol. The molecule has 0 bridgehead atoms. The molecule has 1 heterocycles. The van der Waals surface area contributed by atoms with Gasteiger partial charge in [0.2, 0.25) is 11.8 Å². The lowest BCUT2D eigenvalue weighted by molar-refractivity contribution is -0.137. The van der Waals surface area contributed by atoms with Crippen molar-refractivity contribution >= 4 is 11.8 Å². The van der Waals surface area contributed by atoms with E-state index in [-0.39, 0.29) is 11.8 Å². The molecule has 0 radical (unpaired) electrons. The van der Waals surface area contributed by atoms with Crippen molar-refractivity contribution in [2.45, 2.75) is 64.5 Å². The minimum absolute atomic E-state index is 0.000323. The third kappa shape index (κ3) is 4.49. The Labute approximate surface area is 115 Å². The largest absolute Gasteiger partial charge is 0.343 e. The number of carbonyl (C=O) groups excluding carboxylic acids is 2. The van der Waals surface area contributed by atoms with Gasteiger partial charge in [-0.25, -0.2) is 0 Å². The van der Waals surface area contributed by atoms with Crippen LogP contribution in [0.25, 0.3) is 0 Å². The highest BCUT2D eigenvalue weighted by atomic mass is 16.2. The van der Waals surface area contributed by atoms with Gasteiger partial charge in [0.1, 0.15) is 6.04 Å². The molecule has 5 nitrogen and oxygen atoms in total. The van der Waals surface area contributed by atoms with Crippen molar-refractivity contribution in [2.24, 2.45) is 5.73 Å². The summed E-state index contributed by atoms with van der Waals surface area (Å²) in [5, 5.41) is 2.75. The summed E-state index contributed by atoms with van der Waals surface area (Å²) < 4.78 is 0. The van der Waals surface area contributed by atoms with Gasteiger partial charge in [-0.1, -0.05) is 13.3 Å². The lowest BCUT2D eigenvalue weighted by Gasteiger charge is -2.31. The first-order valence-electron chi connectivity index (χ1n) is 7.27. The Balaban J connectivity index is 2.51. The zero-order valence-corrected chi connectivity index (χ0v) is 12.4. The maximum Gasteiger partial charge on any atom is 0.244 e. The van der Waals surface area contributed by atoms with E-state index in [9.17, 15) is 9.59 Å². The van der Waals surface area contributed by atoms with Gasteiger partial charge in [0, 0.05) is 13.1 Å². The number of carbonyl (C=O) groups is 2. The van der Waals surface area contributed by atoms with E-state index in [4.69, 9.17) is 5.73 Å². The quantitative estimate of drug-likeness (QED) is 0.782. The summed E-state index contributed by atoms with van der Waals surface area (Å²) in [4.78, 5) is 26.1. The van der Waals surface area contributed by atoms with Crippen molar-refractivity contribution < 1.29 is 9.59 Å². The first kappa shape index (κ1) is 16.0. The summed E-state index contributed by atoms with van der Waals surface area (Å²) in [6.45, 7) is 7.03. The molecule has 0 saturated carbocycles. The number of nitrogens with one attached hydrogen (secondary N) is 1. The molecule has 3 N–H and O–H groups in total. The highest BCUT2D eigenvalue weighted by molar-refractivity contribution is 5.91. The second kappa shape index (κ2) is 6.89. The molecule has 1 aliphatic rings. The molecular formula is C14H27N3O2. The maximum absolute atomic E-state index is 12.2. The van der Waals surface area contributed by atoms with Crippen LogP contribution >= 0.6 is 0 Å². The van der Waals surface area contributed by atoms with Crippen LogP contribution in [-0.2, 0) is 9.59 Å². The van der Waals surface area contributed by atoms with Gasteiger partial charge in [-0.05, 0) is 39.5 Å². The van der Waals surface area contributed by atoms with Gasteiger partial charge in [0.05, 0.1) is 5.54 Å². The summed E-state index contributed by atoms with van der Waals surface area (Å²) in [6, 6.07) is -0.495. The minimum atomic E-state index is -0.898. The zero-order valence-electron chi connectivity index (χ0n) is 12.4. The number of nitrogens with zero attached hydrogens (tertiary/aromatic N) is 1. The molecule has 1 saturated heterocycles. The van der Waals surface area contributed by atoms with Gasteiger partial charge in [0.15, 0.2) is 0 Å². The second-order valence-electron chi connectivity index (χ2n) is 5.75. The number of piperidine rings is 1. The number of amides is 2. The molecule has 2 amide bonds.